The van der Waals surface area contributed by atoms with Gasteiger partial charge in [0.1, 0.15) is 6.33 Å². The van der Waals surface area contributed by atoms with Gasteiger partial charge in [0.25, 0.3) is 0 Å². The van der Waals surface area contributed by atoms with E-state index in [0.717, 1.165) is 0 Å². The second kappa shape index (κ2) is 5.35. The first-order valence-corrected chi connectivity index (χ1v) is 2.77. The molecule has 11 heavy (non-hydrogen) atoms. The quantitative estimate of drug-likeness (QED) is 0.580. The van der Waals surface area contributed by atoms with Crippen LogP contribution in [0.2, 0.25) is 0 Å². The summed E-state index contributed by atoms with van der Waals surface area (Å²) in [7, 11) is 3.09. The maximum absolute atomic E-state index is 4.83. The Labute approximate surface area is 87.2 Å². The van der Waals surface area contributed by atoms with Crippen molar-refractivity contribution in [1.29, 1.82) is 0 Å². The second-order valence-electron chi connectivity index (χ2n) is 1.60. The van der Waals surface area contributed by atoms with Crippen LogP contribution in [0.15, 0.2) is 12.4 Å². The predicted molar refractivity (Wildman–Crippen MR) is 40.9 cm³/mol. The second-order valence-corrected chi connectivity index (χ2v) is 1.60. The summed E-state index contributed by atoms with van der Waals surface area (Å²) in [5.74, 6) is 1.01. The summed E-state index contributed by atoms with van der Waals surface area (Å²) in [5, 5.41) is 0. The van der Waals surface area contributed by atoms with Crippen LogP contribution in [0.25, 0.3) is 0 Å². The molecule has 0 fully saturated rings. The fraction of sp³-hybridized carbons (Fsp3) is 0.333. The van der Waals surface area contributed by atoms with Crippen LogP contribution < -0.4 is 9.47 Å². The molecule has 0 unspecified atom stereocenters. The van der Waals surface area contributed by atoms with Crippen LogP contribution >= 0.6 is 0 Å². The molecule has 0 aliphatic rings. The molecule has 1 aromatic rings. The van der Waals surface area contributed by atoms with Gasteiger partial charge in [-0.05, 0) is 0 Å². The van der Waals surface area contributed by atoms with Gasteiger partial charge in [-0.15, -0.1) is 0 Å². The number of hydrogen-bond acceptors (Lipinski definition) is 4. The Morgan fingerprint density at radius 2 is 1.55 bits per heavy atom. The molecule has 0 amide bonds. The van der Waals surface area contributed by atoms with Crippen molar-refractivity contribution in [2.75, 3.05) is 14.2 Å². The smallest absolute Gasteiger partial charge is 0.219 e. The molecule has 5 heteroatoms. The van der Waals surface area contributed by atoms with Crippen molar-refractivity contribution >= 4 is 29.6 Å². The molecule has 4 nitrogen and oxygen atoms in total. The molecule has 0 aromatic carbocycles. The fourth-order valence-electron chi connectivity index (χ4n) is 0.546. The standard InChI is InChI=1S/C6H8N2O2.Na/c1-9-5-3-6(10-2)8-4-7-5;/h3-4H,1-2H3;. The van der Waals surface area contributed by atoms with Crippen molar-refractivity contribution in [1.82, 2.24) is 9.97 Å². The van der Waals surface area contributed by atoms with Crippen molar-refractivity contribution < 1.29 is 9.47 Å². The Morgan fingerprint density at radius 3 is 1.91 bits per heavy atom. The fourth-order valence-corrected chi connectivity index (χ4v) is 0.546. The van der Waals surface area contributed by atoms with Crippen molar-refractivity contribution in [3.63, 3.8) is 0 Å². The summed E-state index contributed by atoms with van der Waals surface area (Å²) >= 11 is 0. The van der Waals surface area contributed by atoms with Gasteiger partial charge >= 0.3 is 0 Å². The summed E-state index contributed by atoms with van der Waals surface area (Å²) in [5.41, 5.74) is 0. The van der Waals surface area contributed by atoms with Crippen LogP contribution in [0.1, 0.15) is 0 Å². The molecule has 0 N–H and O–H groups in total. The summed E-state index contributed by atoms with van der Waals surface area (Å²) in [6.07, 6.45) is 1.39. The number of rotatable bonds is 2. The molecule has 1 aromatic heterocycles. The number of nitrogens with zero attached hydrogens (tertiary/aromatic N) is 2. The van der Waals surface area contributed by atoms with Gasteiger partial charge in [-0.3, -0.25) is 0 Å². The Kier molecular flexibility index (Phi) is 5.19. The predicted octanol–water partition coefficient (Wildman–Crippen LogP) is 0.113. The molecule has 55 valence electrons. The zero-order valence-electron chi connectivity index (χ0n) is 6.87. The maximum Gasteiger partial charge on any atom is 0.219 e. The van der Waals surface area contributed by atoms with E-state index in [1.165, 1.54) is 6.33 Å². The topological polar surface area (TPSA) is 44.2 Å². The average Bonchev–Trinajstić information content (AvgIpc) is 2.05. The summed E-state index contributed by atoms with van der Waals surface area (Å²) in [4.78, 5) is 7.58. The Morgan fingerprint density at radius 1 is 1.09 bits per heavy atom. The number of ether oxygens (including phenoxy) is 2. The van der Waals surface area contributed by atoms with E-state index in [4.69, 9.17) is 9.47 Å². The molecule has 0 saturated carbocycles. The summed E-state index contributed by atoms with van der Waals surface area (Å²) < 4.78 is 9.65. The van der Waals surface area contributed by atoms with Gasteiger partial charge < -0.3 is 9.47 Å². The van der Waals surface area contributed by atoms with Crippen LogP contribution in [0.5, 0.6) is 11.8 Å². The molecular formula is C6H8N2NaO2. The van der Waals surface area contributed by atoms with Crippen LogP contribution in [0.3, 0.4) is 0 Å². The molecule has 0 spiro atoms. The van der Waals surface area contributed by atoms with Crippen LogP contribution in [0, 0.1) is 0 Å². The van der Waals surface area contributed by atoms with Crippen molar-refractivity contribution in [2.45, 2.75) is 0 Å². The first-order valence-electron chi connectivity index (χ1n) is 2.77. The zero-order valence-corrected chi connectivity index (χ0v) is 8.87. The molecule has 1 rings (SSSR count). The van der Waals surface area contributed by atoms with Crippen molar-refractivity contribution in [3.8, 4) is 11.8 Å². The van der Waals surface area contributed by atoms with Gasteiger partial charge in [-0.25, -0.2) is 9.97 Å². The first-order chi connectivity index (χ1) is 4.86. The summed E-state index contributed by atoms with van der Waals surface area (Å²) in [6.45, 7) is 0. The molecule has 1 heterocycles. The van der Waals surface area contributed by atoms with Crippen molar-refractivity contribution in [3.05, 3.63) is 12.4 Å². The van der Waals surface area contributed by atoms with E-state index >= 15 is 0 Å². The number of methoxy groups -OCH3 is 2. The van der Waals surface area contributed by atoms with E-state index in [-0.39, 0.29) is 29.6 Å². The van der Waals surface area contributed by atoms with Gasteiger partial charge in [0.2, 0.25) is 11.8 Å². The SMILES string of the molecule is COc1cc(OC)ncn1.[Na]. The van der Waals surface area contributed by atoms with E-state index in [1.54, 1.807) is 20.3 Å². The van der Waals surface area contributed by atoms with Gasteiger partial charge in [-0.1, -0.05) is 0 Å². The third-order valence-corrected chi connectivity index (χ3v) is 1.04. The molecule has 0 bridgehead atoms. The molecule has 0 atom stereocenters. The minimum absolute atomic E-state index is 0. The third-order valence-electron chi connectivity index (χ3n) is 1.04. The minimum Gasteiger partial charge on any atom is -0.481 e. The minimum atomic E-state index is 0. The van der Waals surface area contributed by atoms with Crippen molar-refractivity contribution in [2.24, 2.45) is 0 Å². The summed E-state index contributed by atoms with van der Waals surface area (Å²) in [6, 6.07) is 1.61. The van der Waals surface area contributed by atoms with Gasteiger partial charge in [0, 0.05) is 29.6 Å². The molecule has 0 aliphatic carbocycles. The number of hydrogen-bond donors (Lipinski definition) is 0. The van der Waals surface area contributed by atoms with E-state index in [0.29, 0.717) is 11.8 Å². The molecule has 0 aliphatic heterocycles. The van der Waals surface area contributed by atoms with Gasteiger partial charge in [0.05, 0.1) is 20.3 Å². The first kappa shape index (κ1) is 10.7. The number of aromatic nitrogens is 2. The monoisotopic (exact) mass is 163 g/mol. The van der Waals surface area contributed by atoms with E-state index in [2.05, 4.69) is 9.97 Å². The largest absolute Gasteiger partial charge is 0.481 e. The Hall–Kier alpha value is -0.320. The van der Waals surface area contributed by atoms with E-state index in [9.17, 15) is 0 Å². The van der Waals surface area contributed by atoms with Gasteiger partial charge in [0.15, 0.2) is 0 Å². The average molecular weight is 163 g/mol. The Bertz CT molecular complexity index is 200. The van der Waals surface area contributed by atoms with E-state index < -0.39 is 0 Å². The normalized spacial score (nSPS) is 8.18. The molecule has 1 radical (unpaired) electrons. The van der Waals surface area contributed by atoms with E-state index in [1.807, 2.05) is 0 Å². The third kappa shape index (κ3) is 3.05. The zero-order chi connectivity index (χ0) is 7.40. The van der Waals surface area contributed by atoms with Crippen LogP contribution in [-0.2, 0) is 0 Å². The molecule has 0 saturated heterocycles. The van der Waals surface area contributed by atoms with Crippen LogP contribution in [-0.4, -0.2) is 53.7 Å². The van der Waals surface area contributed by atoms with Gasteiger partial charge in [-0.2, -0.15) is 0 Å². The maximum atomic E-state index is 4.83. The molecular weight excluding hydrogens is 155 g/mol. The Balaban J connectivity index is 0.000001000. The van der Waals surface area contributed by atoms with Crippen LogP contribution in [0.4, 0.5) is 0 Å².